The number of piperidine rings is 1. The van der Waals surface area contributed by atoms with E-state index in [-0.39, 0.29) is 31.2 Å². The number of aromatic nitrogens is 2. The van der Waals surface area contributed by atoms with Crippen LogP contribution in [0.4, 0.5) is 24.7 Å². The summed E-state index contributed by atoms with van der Waals surface area (Å²) in [5.41, 5.74) is 6.02. The Morgan fingerprint density at radius 1 is 1.33 bits per heavy atom. The van der Waals surface area contributed by atoms with Gasteiger partial charge in [0.1, 0.15) is 0 Å². The Morgan fingerprint density at radius 3 is 2.50 bits per heavy atom. The number of nitrogen functional groups attached to an aromatic ring is 1. The molecule has 1 aliphatic heterocycles. The van der Waals surface area contributed by atoms with Crippen LogP contribution in [0.15, 0.2) is 6.20 Å². The standard InChI is InChI=1S/C10H12ClF3N4/c11-9-16-5-7(15)8(17-9)18-3-1-6(2-4-18)10(12,13)14/h5-6H,1-4,15H2. The highest BCUT2D eigenvalue weighted by molar-refractivity contribution is 6.28. The van der Waals surface area contributed by atoms with Crippen LogP contribution in [-0.4, -0.2) is 29.2 Å². The fraction of sp³-hybridized carbons (Fsp3) is 0.600. The maximum Gasteiger partial charge on any atom is 0.391 e. The summed E-state index contributed by atoms with van der Waals surface area (Å²) in [4.78, 5) is 9.38. The molecule has 2 rings (SSSR count). The summed E-state index contributed by atoms with van der Waals surface area (Å²) in [5.74, 6) is -0.831. The van der Waals surface area contributed by atoms with Crippen molar-refractivity contribution >= 4 is 23.1 Å². The van der Waals surface area contributed by atoms with Crippen LogP contribution in [0.2, 0.25) is 5.28 Å². The molecule has 4 nitrogen and oxygen atoms in total. The van der Waals surface area contributed by atoms with E-state index in [4.69, 9.17) is 17.3 Å². The average molecular weight is 281 g/mol. The van der Waals surface area contributed by atoms with Gasteiger partial charge < -0.3 is 10.6 Å². The molecule has 1 saturated heterocycles. The van der Waals surface area contributed by atoms with Crippen LogP contribution in [0, 0.1) is 5.92 Å². The molecule has 0 aliphatic carbocycles. The van der Waals surface area contributed by atoms with Crippen LogP contribution >= 0.6 is 11.6 Å². The van der Waals surface area contributed by atoms with Crippen molar-refractivity contribution in [2.45, 2.75) is 19.0 Å². The molecule has 1 aromatic heterocycles. The van der Waals surface area contributed by atoms with Gasteiger partial charge in [0.25, 0.3) is 0 Å². The van der Waals surface area contributed by atoms with E-state index in [1.165, 1.54) is 6.20 Å². The number of nitrogens with zero attached hydrogens (tertiary/aromatic N) is 3. The first-order valence-corrected chi connectivity index (χ1v) is 5.85. The Labute approximate surface area is 107 Å². The lowest BCUT2D eigenvalue weighted by Crippen LogP contribution is -2.39. The van der Waals surface area contributed by atoms with Gasteiger partial charge in [-0.3, -0.25) is 0 Å². The minimum atomic E-state index is -4.12. The molecule has 0 spiro atoms. The Bertz CT molecular complexity index is 430. The monoisotopic (exact) mass is 280 g/mol. The smallest absolute Gasteiger partial charge is 0.391 e. The molecule has 2 heterocycles. The molecule has 0 bridgehead atoms. The number of hydrogen-bond donors (Lipinski definition) is 1. The number of hydrogen-bond acceptors (Lipinski definition) is 4. The van der Waals surface area contributed by atoms with Gasteiger partial charge in [0, 0.05) is 13.1 Å². The molecule has 18 heavy (non-hydrogen) atoms. The van der Waals surface area contributed by atoms with Crippen LogP contribution < -0.4 is 10.6 Å². The van der Waals surface area contributed by atoms with E-state index in [0.717, 1.165) is 0 Å². The molecule has 1 aromatic rings. The van der Waals surface area contributed by atoms with Crippen molar-refractivity contribution < 1.29 is 13.2 Å². The summed E-state index contributed by atoms with van der Waals surface area (Å²) in [6.45, 7) is 0.531. The van der Waals surface area contributed by atoms with Crippen molar-refractivity contribution in [3.05, 3.63) is 11.5 Å². The minimum absolute atomic E-state index is 0.0390. The van der Waals surface area contributed by atoms with Gasteiger partial charge in [-0.05, 0) is 24.4 Å². The zero-order valence-electron chi connectivity index (χ0n) is 9.41. The summed E-state index contributed by atoms with van der Waals surface area (Å²) < 4.78 is 37.6. The zero-order valence-corrected chi connectivity index (χ0v) is 10.2. The number of nitrogens with two attached hydrogens (primary N) is 1. The van der Waals surface area contributed by atoms with Crippen molar-refractivity contribution in [2.24, 2.45) is 5.92 Å². The van der Waals surface area contributed by atoms with Crippen LogP contribution in [0.5, 0.6) is 0 Å². The van der Waals surface area contributed by atoms with Crippen LogP contribution in [0.3, 0.4) is 0 Å². The highest BCUT2D eigenvalue weighted by atomic mass is 35.5. The molecule has 100 valence electrons. The summed E-state index contributed by atoms with van der Waals surface area (Å²) in [6.07, 6.45) is -2.67. The summed E-state index contributed by atoms with van der Waals surface area (Å²) in [7, 11) is 0. The van der Waals surface area contributed by atoms with Gasteiger partial charge in [-0.2, -0.15) is 18.2 Å². The fourth-order valence-corrected chi connectivity index (χ4v) is 2.16. The molecule has 0 aromatic carbocycles. The van der Waals surface area contributed by atoms with E-state index < -0.39 is 12.1 Å². The maximum absolute atomic E-state index is 12.5. The molecule has 8 heteroatoms. The van der Waals surface area contributed by atoms with Crippen molar-refractivity contribution in [3.8, 4) is 0 Å². The summed E-state index contributed by atoms with van der Waals surface area (Å²) in [6, 6.07) is 0. The lowest BCUT2D eigenvalue weighted by Gasteiger charge is -2.34. The molecule has 0 atom stereocenters. The highest BCUT2D eigenvalue weighted by Crippen LogP contribution is 2.35. The molecule has 0 amide bonds. The second-order valence-electron chi connectivity index (χ2n) is 4.22. The third-order valence-corrected chi connectivity index (χ3v) is 3.21. The molecule has 1 aliphatic rings. The van der Waals surface area contributed by atoms with Crippen molar-refractivity contribution in [1.82, 2.24) is 9.97 Å². The first-order valence-electron chi connectivity index (χ1n) is 5.47. The number of alkyl halides is 3. The molecule has 1 fully saturated rings. The van der Waals surface area contributed by atoms with Gasteiger partial charge in [-0.15, -0.1) is 0 Å². The molecular weight excluding hydrogens is 269 g/mol. The first kappa shape index (κ1) is 13.2. The Kier molecular flexibility index (Phi) is 3.52. The van der Waals surface area contributed by atoms with Crippen molar-refractivity contribution in [3.63, 3.8) is 0 Å². The maximum atomic E-state index is 12.5. The van der Waals surface area contributed by atoms with E-state index in [9.17, 15) is 13.2 Å². The highest BCUT2D eigenvalue weighted by Gasteiger charge is 2.41. The van der Waals surface area contributed by atoms with E-state index in [1.807, 2.05) is 0 Å². The van der Waals surface area contributed by atoms with Gasteiger partial charge in [-0.25, -0.2) is 4.98 Å². The number of rotatable bonds is 1. The number of halogens is 4. The Balaban J connectivity index is 2.08. The predicted molar refractivity (Wildman–Crippen MR) is 62.4 cm³/mol. The SMILES string of the molecule is Nc1cnc(Cl)nc1N1CCC(C(F)(F)F)CC1. The molecule has 0 unspecified atom stereocenters. The van der Waals surface area contributed by atoms with Crippen molar-refractivity contribution in [1.29, 1.82) is 0 Å². The number of anilines is 2. The molecule has 2 N–H and O–H groups in total. The largest absolute Gasteiger partial charge is 0.394 e. The third-order valence-electron chi connectivity index (χ3n) is 3.02. The van der Waals surface area contributed by atoms with Gasteiger partial charge in [0.2, 0.25) is 5.28 Å². The van der Waals surface area contributed by atoms with Gasteiger partial charge in [-0.1, -0.05) is 0 Å². The van der Waals surface area contributed by atoms with Crippen LogP contribution in [0.1, 0.15) is 12.8 Å². The predicted octanol–water partition coefficient (Wildman–Crippen LogP) is 2.49. The first-order chi connectivity index (χ1) is 8.38. The summed E-state index contributed by atoms with van der Waals surface area (Å²) >= 11 is 5.65. The molecule has 0 saturated carbocycles. The second-order valence-corrected chi connectivity index (χ2v) is 4.56. The summed E-state index contributed by atoms with van der Waals surface area (Å²) in [5, 5.41) is 0.0390. The van der Waals surface area contributed by atoms with Gasteiger partial charge >= 0.3 is 6.18 Å². The average Bonchev–Trinajstić information content (AvgIpc) is 2.31. The minimum Gasteiger partial charge on any atom is -0.394 e. The topological polar surface area (TPSA) is 55.0 Å². The molecule has 0 radical (unpaired) electrons. The Morgan fingerprint density at radius 2 is 1.94 bits per heavy atom. The van der Waals surface area contributed by atoms with E-state index in [2.05, 4.69) is 9.97 Å². The van der Waals surface area contributed by atoms with Gasteiger partial charge in [0.05, 0.1) is 17.8 Å². The zero-order chi connectivity index (χ0) is 13.3. The quantitative estimate of drug-likeness (QED) is 0.803. The lowest BCUT2D eigenvalue weighted by atomic mass is 9.96. The Hall–Kier alpha value is -1.24. The van der Waals surface area contributed by atoms with Crippen LogP contribution in [0.25, 0.3) is 0 Å². The van der Waals surface area contributed by atoms with E-state index in [0.29, 0.717) is 11.5 Å². The van der Waals surface area contributed by atoms with Crippen LogP contribution in [-0.2, 0) is 0 Å². The second kappa shape index (κ2) is 4.79. The van der Waals surface area contributed by atoms with Gasteiger partial charge in [0.15, 0.2) is 5.82 Å². The third kappa shape index (κ3) is 2.77. The van der Waals surface area contributed by atoms with Crippen molar-refractivity contribution in [2.75, 3.05) is 23.7 Å². The normalized spacial score (nSPS) is 18.1. The fourth-order valence-electron chi connectivity index (χ4n) is 2.03. The lowest BCUT2D eigenvalue weighted by molar-refractivity contribution is -0.179. The van der Waals surface area contributed by atoms with E-state index >= 15 is 0 Å². The molecular formula is C10H12ClF3N4. The van der Waals surface area contributed by atoms with E-state index in [1.54, 1.807) is 4.90 Å².